The van der Waals surface area contributed by atoms with Gasteiger partial charge in [-0.15, -0.1) is 0 Å². The van der Waals surface area contributed by atoms with Crippen LogP contribution in [0.2, 0.25) is 0 Å². The summed E-state index contributed by atoms with van der Waals surface area (Å²) in [6.07, 6.45) is 0. The number of hydrogen-bond acceptors (Lipinski definition) is 7. The van der Waals surface area contributed by atoms with Gasteiger partial charge in [0.2, 0.25) is 11.9 Å². The zero-order valence-corrected chi connectivity index (χ0v) is 13.1. The summed E-state index contributed by atoms with van der Waals surface area (Å²) in [5.74, 6) is 2.06. The van der Waals surface area contributed by atoms with Crippen molar-refractivity contribution in [2.45, 2.75) is 13.8 Å². The Morgan fingerprint density at radius 3 is 2.91 bits per heavy atom. The highest BCUT2D eigenvalue weighted by atomic mass is 16.5. The van der Waals surface area contributed by atoms with Crippen molar-refractivity contribution in [2.24, 2.45) is 4.99 Å². The molecule has 0 saturated carbocycles. The number of ether oxygens (including phenoxy) is 1. The number of nitrogens with zero attached hydrogens (tertiary/aromatic N) is 4. The molecule has 0 spiro atoms. The Hall–Kier alpha value is -2.41. The van der Waals surface area contributed by atoms with E-state index in [0.717, 1.165) is 35.6 Å². The van der Waals surface area contributed by atoms with Crippen LogP contribution in [-0.2, 0) is 0 Å². The van der Waals surface area contributed by atoms with E-state index < -0.39 is 0 Å². The molecule has 2 aromatic rings. The first kappa shape index (κ1) is 14.5. The topological polar surface area (TPSA) is 74.7 Å². The van der Waals surface area contributed by atoms with Crippen molar-refractivity contribution in [3.05, 3.63) is 23.9 Å². The maximum atomic E-state index is 5.24. The fourth-order valence-electron chi connectivity index (χ4n) is 2.31. The predicted octanol–water partition coefficient (Wildman–Crippen LogP) is 1.55. The molecule has 0 fully saturated rings. The summed E-state index contributed by atoms with van der Waals surface area (Å²) in [5, 5.41) is 7.35. The molecule has 2 N–H and O–H groups in total. The third-order valence-corrected chi connectivity index (χ3v) is 3.67. The Kier molecular flexibility index (Phi) is 4.06. The maximum absolute atomic E-state index is 5.24. The van der Waals surface area contributed by atoms with Gasteiger partial charge in [-0.3, -0.25) is 10.2 Å². The summed E-state index contributed by atoms with van der Waals surface area (Å²) in [7, 11) is 1.65. The normalized spacial score (nSPS) is 15.3. The van der Waals surface area contributed by atoms with Crippen LogP contribution in [0.1, 0.15) is 12.6 Å². The van der Waals surface area contributed by atoms with Crippen LogP contribution in [-0.4, -0.2) is 47.8 Å². The molecular formula is C15H20N6O. The highest BCUT2D eigenvalue weighted by molar-refractivity contribution is 5.93. The number of methoxy groups -OCH3 is 1. The standard InChI is InChI=1S/C15H20N6O/c1-4-21-8-16-14(17-9-21)20-15-18-10(2)12-7-11(22-3)5-6-13(12)19-15/h5-7H,4,8-9H2,1-3H3,(H2,16,17,18,19,20). The van der Waals surface area contributed by atoms with Gasteiger partial charge in [-0.2, -0.15) is 0 Å². The van der Waals surface area contributed by atoms with E-state index in [0.29, 0.717) is 18.6 Å². The minimum Gasteiger partial charge on any atom is -0.497 e. The van der Waals surface area contributed by atoms with Crippen LogP contribution in [0.4, 0.5) is 5.95 Å². The van der Waals surface area contributed by atoms with Crippen LogP contribution in [0.5, 0.6) is 5.75 Å². The van der Waals surface area contributed by atoms with Crippen molar-refractivity contribution in [1.82, 2.24) is 20.2 Å². The molecule has 7 nitrogen and oxygen atoms in total. The van der Waals surface area contributed by atoms with E-state index in [2.05, 4.69) is 37.4 Å². The van der Waals surface area contributed by atoms with E-state index in [1.54, 1.807) is 7.11 Å². The van der Waals surface area contributed by atoms with Crippen LogP contribution in [0.15, 0.2) is 23.2 Å². The molecule has 1 aliphatic heterocycles. The Bertz CT molecular complexity index is 714. The number of hydrogen-bond donors (Lipinski definition) is 2. The molecule has 0 saturated heterocycles. The first-order chi connectivity index (χ1) is 10.7. The van der Waals surface area contributed by atoms with E-state index in [9.17, 15) is 0 Å². The second-order valence-electron chi connectivity index (χ2n) is 5.11. The summed E-state index contributed by atoms with van der Waals surface area (Å²) >= 11 is 0. The smallest absolute Gasteiger partial charge is 0.230 e. The van der Waals surface area contributed by atoms with E-state index in [4.69, 9.17) is 4.74 Å². The molecule has 0 aliphatic carbocycles. The third kappa shape index (κ3) is 2.94. The number of rotatable bonds is 3. The molecule has 0 unspecified atom stereocenters. The number of aryl methyl sites for hydroxylation is 1. The largest absolute Gasteiger partial charge is 0.497 e. The molecule has 0 radical (unpaired) electrons. The van der Waals surface area contributed by atoms with Gasteiger partial charge in [-0.1, -0.05) is 6.92 Å². The predicted molar refractivity (Wildman–Crippen MR) is 87.1 cm³/mol. The van der Waals surface area contributed by atoms with E-state index in [1.807, 2.05) is 25.1 Å². The fraction of sp³-hybridized carbons (Fsp3) is 0.400. The summed E-state index contributed by atoms with van der Waals surface area (Å²) in [6, 6.07) is 5.78. The van der Waals surface area contributed by atoms with Crippen LogP contribution in [0.3, 0.4) is 0 Å². The zero-order valence-electron chi connectivity index (χ0n) is 13.1. The Morgan fingerprint density at radius 2 is 2.23 bits per heavy atom. The second-order valence-corrected chi connectivity index (χ2v) is 5.11. The molecule has 0 bridgehead atoms. The number of aliphatic imine (C=N–C) groups is 1. The molecule has 7 heteroatoms. The lowest BCUT2D eigenvalue weighted by Gasteiger charge is -2.25. The molecular weight excluding hydrogens is 280 g/mol. The highest BCUT2D eigenvalue weighted by Crippen LogP contribution is 2.22. The molecule has 1 aromatic carbocycles. The van der Waals surface area contributed by atoms with Gasteiger partial charge in [0.1, 0.15) is 5.75 Å². The Balaban J connectivity index is 1.85. The lowest BCUT2D eigenvalue weighted by Crippen LogP contribution is -2.45. The second kappa shape index (κ2) is 6.15. The minimum absolute atomic E-state index is 0.548. The quantitative estimate of drug-likeness (QED) is 0.896. The van der Waals surface area contributed by atoms with E-state index in [1.165, 1.54) is 0 Å². The van der Waals surface area contributed by atoms with Crippen LogP contribution >= 0.6 is 0 Å². The molecule has 2 heterocycles. The van der Waals surface area contributed by atoms with Crippen molar-refractivity contribution in [1.29, 1.82) is 0 Å². The first-order valence-electron chi connectivity index (χ1n) is 7.29. The van der Waals surface area contributed by atoms with Crippen molar-refractivity contribution < 1.29 is 4.74 Å². The van der Waals surface area contributed by atoms with Gasteiger partial charge in [-0.05, 0) is 31.7 Å². The van der Waals surface area contributed by atoms with Gasteiger partial charge in [0.05, 0.1) is 31.7 Å². The Morgan fingerprint density at radius 1 is 1.36 bits per heavy atom. The number of nitrogens with one attached hydrogen (secondary N) is 2. The minimum atomic E-state index is 0.548. The first-order valence-corrected chi connectivity index (χ1v) is 7.29. The fourth-order valence-corrected chi connectivity index (χ4v) is 2.31. The van der Waals surface area contributed by atoms with E-state index >= 15 is 0 Å². The Labute approximate surface area is 129 Å². The van der Waals surface area contributed by atoms with Crippen LogP contribution < -0.4 is 15.4 Å². The maximum Gasteiger partial charge on any atom is 0.230 e. The number of aromatic nitrogens is 2. The number of benzene rings is 1. The molecule has 22 heavy (non-hydrogen) atoms. The van der Waals surface area contributed by atoms with Crippen molar-refractivity contribution in [3.63, 3.8) is 0 Å². The molecule has 1 aromatic heterocycles. The van der Waals surface area contributed by atoms with Crippen LogP contribution in [0.25, 0.3) is 10.9 Å². The number of fused-ring (bicyclic) bond motifs is 1. The zero-order chi connectivity index (χ0) is 15.5. The van der Waals surface area contributed by atoms with Crippen LogP contribution in [0, 0.1) is 6.92 Å². The van der Waals surface area contributed by atoms with Crippen molar-refractivity contribution in [2.75, 3.05) is 32.3 Å². The third-order valence-electron chi connectivity index (χ3n) is 3.67. The molecule has 0 amide bonds. The van der Waals surface area contributed by atoms with Crippen molar-refractivity contribution in [3.8, 4) is 5.75 Å². The summed E-state index contributed by atoms with van der Waals surface area (Å²) < 4.78 is 5.24. The lowest BCUT2D eigenvalue weighted by molar-refractivity contribution is 0.279. The average molecular weight is 300 g/mol. The summed E-state index contributed by atoms with van der Waals surface area (Å²) in [6.45, 7) is 6.49. The monoisotopic (exact) mass is 300 g/mol. The summed E-state index contributed by atoms with van der Waals surface area (Å²) in [5.41, 5.74) is 1.78. The van der Waals surface area contributed by atoms with Gasteiger partial charge >= 0.3 is 0 Å². The highest BCUT2D eigenvalue weighted by Gasteiger charge is 2.12. The van der Waals surface area contributed by atoms with Gasteiger partial charge in [0, 0.05) is 5.39 Å². The number of guanidine groups is 1. The lowest BCUT2D eigenvalue weighted by atomic mass is 10.2. The molecule has 3 rings (SSSR count). The van der Waals surface area contributed by atoms with Crippen molar-refractivity contribution >= 4 is 22.8 Å². The average Bonchev–Trinajstić information content (AvgIpc) is 2.55. The SMILES string of the molecule is CCN1CN=C(Nc2nc(C)c3cc(OC)ccc3n2)NC1. The van der Waals surface area contributed by atoms with Gasteiger partial charge in [0.15, 0.2) is 0 Å². The van der Waals surface area contributed by atoms with Gasteiger partial charge in [0.25, 0.3) is 0 Å². The number of anilines is 1. The van der Waals surface area contributed by atoms with Gasteiger partial charge in [-0.25, -0.2) is 15.0 Å². The molecule has 116 valence electrons. The summed E-state index contributed by atoms with van der Waals surface area (Å²) in [4.78, 5) is 15.6. The molecule has 1 aliphatic rings. The molecule has 0 atom stereocenters. The van der Waals surface area contributed by atoms with E-state index in [-0.39, 0.29) is 0 Å². The van der Waals surface area contributed by atoms with Gasteiger partial charge < -0.3 is 10.1 Å².